The Morgan fingerprint density at radius 3 is 2.81 bits per heavy atom. The van der Waals surface area contributed by atoms with Gasteiger partial charge in [-0.1, -0.05) is 0 Å². The van der Waals surface area contributed by atoms with Gasteiger partial charge in [0.05, 0.1) is 11.6 Å². The summed E-state index contributed by atoms with van der Waals surface area (Å²) in [7, 11) is 1.62. The number of hydrogen-bond acceptors (Lipinski definition) is 3. The van der Waals surface area contributed by atoms with Crippen molar-refractivity contribution in [2.24, 2.45) is 0 Å². The Kier molecular flexibility index (Phi) is 4.80. The smallest absolute Gasteiger partial charge is 0.319 e. The van der Waals surface area contributed by atoms with Crippen LogP contribution in [0.15, 0.2) is 24.4 Å². The van der Waals surface area contributed by atoms with Crippen LogP contribution in [0.2, 0.25) is 0 Å². The van der Waals surface area contributed by atoms with Gasteiger partial charge in [-0.2, -0.15) is 5.10 Å². The molecule has 21 heavy (non-hydrogen) atoms. The van der Waals surface area contributed by atoms with Crippen LogP contribution in [-0.2, 0) is 4.74 Å². The van der Waals surface area contributed by atoms with Crippen molar-refractivity contribution in [1.29, 1.82) is 0 Å². The zero-order valence-electron chi connectivity index (χ0n) is 12.9. The maximum atomic E-state index is 11.8. The fraction of sp³-hybridized carbons (Fsp3) is 0.467. The lowest BCUT2D eigenvalue weighted by atomic mass is 10.2. The second-order valence-electron chi connectivity index (χ2n) is 5.36. The summed E-state index contributed by atoms with van der Waals surface area (Å²) in [6.07, 6.45) is 1.97. The summed E-state index contributed by atoms with van der Waals surface area (Å²) in [6, 6.07) is 5.74. The van der Waals surface area contributed by atoms with E-state index in [9.17, 15) is 4.79 Å². The second-order valence-corrected chi connectivity index (χ2v) is 5.36. The van der Waals surface area contributed by atoms with Gasteiger partial charge in [-0.3, -0.25) is 4.68 Å². The highest BCUT2D eigenvalue weighted by Crippen LogP contribution is 2.19. The van der Waals surface area contributed by atoms with Crippen molar-refractivity contribution in [2.45, 2.75) is 32.9 Å². The van der Waals surface area contributed by atoms with Crippen LogP contribution in [0, 0.1) is 0 Å². The quantitative estimate of drug-likeness (QED) is 0.889. The average Bonchev–Trinajstić information content (AvgIpc) is 2.88. The minimum Gasteiger partial charge on any atom is -0.380 e. The summed E-state index contributed by atoms with van der Waals surface area (Å²) >= 11 is 0. The van der Waals surface area contributed by atoms with Crippen LogP contribution in [0.25, 0.3) is 10.9 Å². The van der Waals surface area contributed by atoms with E-state index >= 15 is 0 Å². The standard InChI is InChI=1S/C15H22N4O2/c1-10(2)19-9-12-7-13(5-6-14(12)18-19)17-15(20)16-8-11(3)21-4/h5-7,9-11H,8H2,1-4H3,(H2,16,17,20)/t11-/m1/s1. The Morgan fingerprint density at radius 1 is 1.38 bits per heavy atom. The first-order valence-corrected chi connectivity index (χ1v) is 7.06. The van der Waals surface area contributed by atoms with Crippen LogP contribution in [0.4, 0.5) is 10.5 Å². The van der Waals surface area contributed by atoms with E-state index in [-0.39, 0.29) is 12.1 Å². The van der Waals surface area contributed by atoms with Crippen LogP contribution >= 0.6 is 0 Å². The van der Waals surface area contributed by atoms with Crippen molar-refractivity contribution in [3.8, 4) is 0 Å². The number of carbonyl (C=O) groups is 1. The molecule has 6 nitrogen and oxygen atoms in total. The molecule has 6 heteroatoms. The molecule has 1 heterocycles. The van der Waals surface area contributed by atoms with Crippen LogP contribution in [-0.4, -0.2) is 35.6 Å². The van der Waals surface area contributed by atoms with Crippen molar-refractivity contribution < 1.29 is 9.53 Å². The van der Waals surface area contributed by atoms with Crippen LogP contribution in [0.1, 0.15) is 26.8 Å². The third-order valence-corrected chi connectivity index (χ3v) is 3.26. The molecule has 0 fully saturated rings. The molecule has 0 aliphatic rings. The van der Waals surface area contributed by atoms with Crippen molar-refractivity contribution in [3.05, 3.63) is 24.4 Å². The molecule has 2 amide bonds. The van der Waals surface area contributed by atoms with Gasteiger partial charge in [0, 0.05) is 37.0 Å². The molecule has 2 rings (SSSR count). The van der Waals surface area contributed by atoms with Gasteiger partial charge in [-0.15, -0.1) is 0 Å². The predicted octanol–water partition coefficient (Wildman–Crippen LogP) is 2.77. The number of methoxy groups -OCH3 is 1. The fourth-order valence-electron chi connectivity index (χ4n) is 1.88. The number of hydrogen-bond donors (Lipinski definition) is 2. The molecule has 2 N–H and O–H groups in total. The first-order valence-electron chi connectivity index (χ1n) is 7.06. The van der Waals surface area contributed by atoms with E-state index in [1.807, 2.05) is 36.0 Å². The number of urea groups is 1. The summed E-state index contributed by atoms with van der Waals surface area (Å²) < 4.78 is 6.99. The van der Waals surface area contributed by atoms with Crippen LogP contribution < -0.4 is 10.6 Å². The van der Waals surface area contributed by atoms with Crippen molar-refractivity contribution in [1.82, 2.24) is 15.1 Å². The molecule has 0 bridgehead atoms. The Hall–Kier alpha value is -2.08. The van der Waals surface area contributed by atoms with E-state index in [0.717, 1.165) is 16.6 Å². The Morgan fingerprint density at radius 2 is 2.14 bits per heavy atom. The first-order chi connectivity index (χ1) is 9.99. The highest BCUT2D eigenvalue weighted by Gasteiger charge is 2.07. The molecule has 114 valence electrons. The molecular weight excluding hydrogens is 268 g/mol. The van der Waals surface area contributed by atoms with Crippen molar-refractivity contribution >= 4 is 22.6 Å². The van der Waals surface area contributed by atoms with E-state index in [1.54, 1.807) is 7.11 Å². The molecule has 0 saturated carbocycles. The number of rotatable bonds is 5. The lowest BCUT2D eigenvalue weighted by molar-refractivity contribution is 0.119. The number of fused-ring (bicyclic) bond motifs is 1. The minimum atomic E-state index is -0.241. The van der Waals surface area contributed by atoms with Crippen molar-refractivity contribution in [2.75, 3.05) is 19.0 Å². The van der Waals surface area contributed by atoms with E-state index in [2.05, 4.69) is 29.6 Å². The number of benzene rings is 1. The molecule has 0 aliphatic heterocycles. The number of ether oxygens (including phenoxy) is 1. The highest BCUT2D eigenvalue weighted by atomic mass is 16.5. The summed E-state index contributed by atoms with van der Waals surface area (Å²) in [5.74, 6) is 0. The fourth-order valence-corrected chi connectivity index (χ4v) is 1.88. The zero-order valence-corrected chi connectivity index (χ0v) is 12.9. The second kappa shape index (κ2) is 6.58. The maximum absolute atomic E-state index is 11.8. The van der Waals surface area contributed by atoms with E-state index in [1.165, 1.54) is 0 Å². The number of amides is 2. The van der Waals surface area contributed by atoms with Crippen LogP contribution in [0.5, 0.6) is 0 Å². The maximum Gasteiger partial charge on any atom is 0.319 e. The third kappa shape index (κ3) is 3.95. The number of anilines is 1. The van der Waals surface area contributed by atoms with Crippen LogP contribution in [0.3, 0.4) is 0 Å². The monoisotopic (exact) mass is 290 g/mol. The molecule has 0 unspecified atom stereocenters. The Labute approximate surface area is 124 Å². The topological polar surface area (TPSA) is 68.2 Å². The SMILES string of the molecule is CO[C@H](C)CNC(=O)Nc1ccc2nn(C(C)C)cc2c1. The Balaban J connectivity index is 2.03. The lowest BCUT2D eigenvalue weighted by Crippen LogP contribution is -2.34. The van der Waals surface area contributed by atoms with Gasteiger partial charge in [0.25, 0.3) is 0 Å². The molecule has 1 aromatic carbocycles. The summed E-state index contributed by atoms with van der Waals surface area (Å²) in [4.78, 5) is 11.8. The molecule has 0 aliphatic carbocycles. The first kappa shape index (κ1) is 15.3. The molecule has 0 radical (unpaired) electrons. The van der Waals surface area contributed by atoms with Gasteiger partial charge >= 0.3 is 6.03 Å². The largest absolute Gasteiger partial charge is 0.380 e. The van der Waals surface area contributed by atoms with Gasteiger partial charge in [0.2, 0.25) is 0 Å². The molecule has 0 saturated heterocycles. The summed E-state index contributed by atoms with van der Waals surface area (Å²) in [5.41, 5.74) is 1.66. The Bertz CT molecular complexity index is 621. The van der Waals surface area contributed by atoms with Gasteiger partial charge in [0.15, 0.2) is 0 Å². The zero-order chi connectivity index (χ0) is 15.4. The lowest BCUT2D eigenvalue weighted by Gasteiger charge is -2.11. The molecule has 2 aromatic rings. The van der Waals surface area contributed by atoms with E-state index in [4.69, 9.17) is 4.74 Å². The summed E-state index contributed by atoms with van der Waals surface area (Å²) in [6.45, 7) is 6.52. The van der Waals surface area contributed by atoms with Gasteiger partial charge in [0.1, 0.15) is 0 Å². The number of nitrogens with one attached hydrogen (secondary N) is 2. The normalized spacial score (nSPS) is 12.6. The van der Waals surface area contributed by atoms with Crippen molar-refractivity contribution in [3.63, 3.8) is 0 Å². The predicted molar refractivity (Wildman–Crippen MR) is 83.6 cm³/mol. The molecular formula is C15H22N4O2. The average molecular weight is 290 g/mol. The molecule has 1 aromatic heterocycles. The number of carbonyl (C=O) groups excluding carboxylic acids is 1. The molecule has 1 atom stereocenters. The van der Waals surface area contributed by atoms with Gasteiger partial charge < -0.3 is 15.4 Å². The minimum absolute atomic E-state index is 0.0116. The number of aromatic nitrogens is 2. The van der Waals surface area contributed by atoms with E-state index in [0.29, 0.717) is 12.6 Å². The highest BCUT2D eigenvalue weighted by molar-refractivity contribution is 5.92. The molecule has 0 spiro atoms. The van der Waals surface area contributed by atoms with Gasteiger partial charge in [-0.05, 0) is 39.0 Å². The number of nitrogens with zero attached hydrogens (tertiary/aromatic N) is 2. The van der Waals surface area contributed by atoms with Gasteiger partial charge in [-0.25, -0.2) is 4.79 Å². The van der Waals surface area contributed by atoms with E-state index < -0.39 is 0 Å². The third-order valence-electron chi connectivity index (χ3n) is 3.26. The summed E-state index contributed by atoms with van der Waals surface area (Å²) in [5, 5.41) is 11.0.